The summed E-state index contributed by atoms with van der Waals surface area (Å²) >= 11 is 5.86. The Morgan fingerprint density at radius 1 is 1.16 bits per heavy atom. The maximum absolute atomic E-state index is 12.5. The van der Waals surface area contributed by atoms with Gasteiger partial charge in [0.2, 0.25) is 0 Å². The Balaban J connectivity index is 1.56. The number of hydrogen-bond acceptors (Lipinski definition) is 4. The Morgan fingerprint density at radius 2 is 1.90 bits per heavy atom. The number of aromatic nitrogens is 2. The highest BCUT2D eigenvalue weighted by Gasteiger charge is 2.30. The third-order valence-corrected chi connectivity index (χ3v) is 5.34. The molecule has 3 N–H and O–H groups in total. The lowest BCUT2D eigenvalue weighted by Crippen LogP contribution is -2.31. The van der Waals surface area contributed by atoms with Gasteiger partial charge in [-0.2, -0.15) is 9.78 Å². The Hall–Kier alpha value is -3.32. The Labute approximate surface area is 185 Å². The summed E-state index contributed by atoms with van der Waals surface area (Å²) in [7, 11) is 0. The minimum atomic E-state index is -0.309. The van der Waals surface area contributed by atoms with Gasteiger partial charge in [0.1, 0.15) is 5.75 Å². The molecule has 0 unspecified atom stereocenters. The van der Waals surface area contributed by atoms with Crippen LogP contribution >= 0.6 is 11.6 Å². The van der Waals surface area contributed by atoms with Gasteiger partial charge in [-0.05, 0) is 61.7 Å². The molecule has 0 atom stereocenters. The standard InChI is InChI=1S/C23H23ClN4O3/c1-2-11-25-23(31)28-20(14-3-4-14)13-19(27-28)18-10-9-17(12-21(18)29)26-22(30)15-5-7-16(24)8-6-15/h5-10,12-14,29H,2-4,11H2,1H3,(H,25,31)(H,26,30). The molecule has 0 spiro atoms. The number of phenolic OH excluding ortho intramolecular Hbond substituents is 1. The van der Waals surface area contributed by atoms with Gasteiger partial charge in [-0.25, -0.2) is 4.79 Å². The summed E-state index contributed by atoms with van der Waals surface area (Å²) in [6.45, 7) is 2.56. The third-order valence-electron chi connectivity index (χ3n) is 5.09. The zero-order valence-electron chi connectivity index (χ0n) is 17.1. The Bertz CT molecular complexity index is 1120. The van der Waals surface area contributed by atoms with Crippen molar-refractivity contribution >= 4 is 29.2 Å². The minimum Gasteiger partial charge on any atom is -0.507 e. The van der Waals surface area contributed by atoms with Crippen LogP contribution in [0.4, 0.5) is 10.5 Å². The second-order valence-electron chi connectivity index (χ2n) is 7.57. The van der Waals surface area contributed by atoms with E-state index in [1.165, 1.54) is 10.7 Å². The molecule has 0 radical (unpaired) electrons. The topological polar surface area (TPSA) is 96.3 Å². The number of carbonyl (C=O) groups excluding carboxylic acids is 2. The number of aromatic hydroxyl groups is 1. The highest BCUT2D eigenvalue weighted by molar-refractivity contribution is 6.30. The first-order valence-corrected chi connectivity index (χ1v) is 10.6. The molecule has 1 saturated carbocycles. The number of nitrogens with zero attached hydrogens (tertiary/aromatic N) is 2. The second-order valence-corrected chi connectivity index (χ2v) is 8.00. The number of anilines is 1. The van der Waals surface area contributed by atoms with Gasteiger partial charge in [-0.3, -0.25) is 4.79 Å². The summed E-state index contributed by atoms with van der Waals surface area (Å²) in [5.41, 5.74) is 2.76. The van der Waals surface area contributed by atoms with E-state index < -0.39 is 0 Å². The largest absolute Gasteiger partial charge is 0.507 e. The number of phenols is 1. The van der Waals surface area contributed by atoms with Gasteiger partial charge in [-0.15, -0.1) is 0 Å². The molecule has 1 fully saturated rings. The summed E-state index contributed by atoms with van der Waals surface area (Å²) in [5.74, 6) is -0.0275. The molecule has 0 aliphatic heterocycles. The molecule has 0 saturated heterocycles. The lowest BCUT2D eigenvalue weighted by Gasteiger charge is -2.08. The van der Waals surface area contributed by atoms with Crippen molar-refractivity contribution in [2.24, 2.45) is 0 Å². The van der Waals surface area contributed by atoms with E-state index in [0.29, 0.717) is 40.0 Å². The maximum Gasteiger partial charge on any atom is 0.342 e. The average Bonchev–Trinajstić information content (AvgIpc) is 3.51. The fourth-order valence-electron chi connectivity index (χ4n) is 3.30. The van der Waals surface area contributed by atoms with Crippen LogP contribution in [-0.2, 0) is 0 Å². The van der Waals surface area contributed by atoms with E-state index >= 15 is 0 Å². The van der Waals surface area contributed by atoms with Gasteiger partial charge in [0, 0.05) is 40.4 Å². The van der Waals surface area contributed by atoms with E-state index in [9.17, 15) is 14.7 Å². The van der Waals surface area contributed by atoms with E-state index in [1.54, 1.807) is 36.4 Å². The zero-order valence-corrected chi connectivity index (χ0v) is 17.8. The van der Waals surface area contributed by atoms with E-state index in [0.717, 1.165) is 25.0 Å². The SMILES string of the molecule is CCCNC(=O)n1nc(-c2ccc(NC(=O)c3ccc(Cl)cc3)cc2O)cc1C1CC1. The first-order chi connectivity index (χ1) is 15.0. The first-order valence-electron chi connectivity index (χ1n) is 10.2. The fraction of sp³-hybridized carbons (Fsp3) is 0.261. The van der Waals surface area contributed by atoms with Gasteiger partial charge in [-0.1, -0.05) is 18.5 Å². The van der Waals surface area contributed by atoms with Crippen LogP contribution in [0.2, 0.25) is 5.02 Å². The third kappa shape index (κ3) is 4.72. The quantitative estimate of drug-likeness (QED) is 0.504. The Morgan fingerprint density at radius 3 is 2.55 bits per heavy atom. The van der Waals surface area contributed by atoms with Crippen molar-refractivity contribution in [3.63, 3.8) is 0 Å². The molecule has 8 heteroatoms. The molecule has 4 rings (SSSR count). The number of nitrogens with one attached hydrogen (secondary N) is 2. The van der Waals surface area contributed by atoms with Crippen molar-refractivity contribution in [3.05, 3.63) is 64.8 Å². The normalized spacial score (nSPS) is 13.1. The molecule has 31 heavy (non-hydrogen) atoms. The predicted molar refractivity (Wildman–Crippen MR) is 120 cm³/mol. The van der Waals surface area contributed by atoms with Crippen molar-refractivity contribution in [2.45, 2.75) is 32.1 Å². The van der Waals surface area contributed by atoms with Crippen molar-refractivity contribution in [1.29, 1.82) is 0 Å². The summed E-state index contributed by atoms with van der Waals surface area (Å²) in [4.78, 5) is 24.9. The van der Waals surface area contributed by atoms with Gasteiger partial charge in [0.15, 0.2) is 0 Å². The molecule has 1 aliphatic rings. The van der Waals surface area contributed by atoms with E-state index in [4.69, 9.17) is 11.6 Å². The molecule has 0 bridgehead atoms. The van der Waals surface area contributed by atoms with Gasteiger partial charge in [0.25, 0.3) is 5.91 Å². The van der Waals surface area contributed by atoms with Gasteiger partial charge >= 0.3 is 6.03 Å². The number of amides is 2. The summed E-state index contributed by atoms with van der Waals surface area (Å²) in [6.07, 6.45) is 2.88. The maximum atomic E-state index is 12.5. The number of benzene rings is 2. The highest BCUT2D eigenvalue weighted by Crippen LogP contribution is 2.42. The van der Waals surface area contributed by atoms with Crippen LogP contribution in [-0.4, -0.2) is 33.4 Å². The first kappa shape index (κ1) is 20.9. The van der Waals surface area contributed by atoms with E-state index in [-0.39, 0.29) is 17.7 Å². The number of halogens is 1. The van der Waals surface area contributed by atoms with Gasteiger partial charge < -0.3 is 15.7 Å². The van der Waals surface area contributed by atoms with Crippen LogP contribution in [0.25, 0.3) is 11.3 Å². The van der Waals surface area contributed by atoms with Crippen LogP contribution in [0.3, 0.4) is 0 Å². The zero-order chi connectivity index (χ0) is 22.0. The van der Waals surface area contributed by atoms with Crippen LogP contribution in [0.15, 0.2) is 48.5 Å². The van der Waals surface area contributed by atoms with E-state index in [2.05, 4.69) is 15.7 Å². The summed E-state index contributed by atoms with van der Waals surface area (Å²) < 4.78 is 1.40. The molecule has 160 valence electrons. The summed E-state index contributed by atoms with van der Waals surface area (Å²) in [5, 5.41) is 21.2. The van der Waals surface area contributed by atoms with Crippen molar-refractivity contribution in [3.8, 4) is 17.0 Å². The molecule has 1 aliphatic carbocycles. The van der Waals surface area contributed by atoms with Crippen LogP contribution in [0.1, 0.15) is 48.2 Å². The highest BCUT2D eigenvalue weighted by atomic mass is 35.5. The lowest BCUT2D eigenvalue weighted by molar-refractivity contribution is 0.102. The second kappa shape index (κ2) is 8.81. The number of hydrogen-bond donors (Lipinski definition) is 3. The number of rotatable bonds is 6. The predicted octanol–water partition coefficient (Wildman–Crippen LogP) is 5.01. The molecular formula is C23H23ClN4O3. The summed E-state index contributed by atoms with van der Waals surface area (Å²) in [6, 6.07) is 13.0. The molecule has 1 aromatic heterocycles. The monoisotopic (exact) mass is 438 g/mol. The smallest absolute Gasteiger partial charge is 0.342 e. The van der Waals surface area contributed by atoms with Crippen LogP contribution in [0, 0.1) is 0 Å². The molecule has 2 aromatic carbocycles. The van der Waals surface area contributed by atoms with Crippen molar-refractivity contribution in [1.82, 2.24) is 15.1 Å². The van der Waals surface area contributed by atoms with Crippen molar-refractivity contribution in [2.75, 3.05) is 11.9 Å². The van der Waals surface area contributed by atoms with E-state index in [1.807, 2.05) is 13.0 Å². The van der Waals surface area contributed by atoms with Crippen molar-refractivity contribution < 1.29 is 14.7 Å². The lowest BCUT2D eigenvalue weighted by atomic mass is 10.1. The number of carbonyl (C=O) groups is 2. The Kier molecular flexibility index (Phi) is 5.95. The molecule has 1 heterocycles. The molecule has 3 aromatic rings. The van der Waals surface area contributed by atoms with Gasteiger partial charge in [0.05, 0.1) is 11.4 Å². The van der Waals surface area contributed by atoms with Crippen LogP contribution < -0.4 is 10.6 Å². The molecule has 7 nitrogen and oxygen atoms in total. The minimum absolute atomic E-state index is 0.0325. The van der Waals surface area contributed by atoms with Crippen LogP contribution in [0.5, 0.6) is 5.75 Å². The molecular weight excluding hydrogens is 416 g/mol. The fourth-order valence-corrected chi connectivity index (χ4v) is 3.42. The molecule has 2 amide bonds. The average molecular weight is 439 g/mol.